The molecule has 2 aromatic rings. The van der Waals surface area contributed by atoms with E-state index in [-0.39, 0.29) is 0 Å². The molecule has 7 heteroatoms. The maximum atomic E-state index is 5.19. The molecule has 0 N–H and O–H groups in total. The number of anilines is 1. The van der Waals surface area contributed by atoms with E-state index < -0.39 is 0 Å². The molecular weight excluding hydrogens is 304 g/mol. The SMILES string of the molecule is COc1ccnc(N2CCN(Cc3c4c(nn3C)CCC4)CC2)n1. The Balaban J connectivity index is 1.40. The van der Waals surface area contributed by atoms with E-state index in [9.17, 15) is 0 Å². The summed E-state index contributed by atoms with van der Waals surface area (Å²) in [5.41, 5.74) is 4.21. The number of aromatic nitrogens is 4. The molecule has 4 rings (SSSR count). The second kappa shape index (κ2) is 6.39. The van der Waals surface area contributed by atoms with Crippen LogP contribution in [0.2, 0.25) is 0 Å². The van der Waals surface area contributed by atoms with Crippen LogP contribution in [-0.4, -0.2) is 57.9 Å². The van der Waals surface area contributed by atoms with E-state index in [2.05, 4.69) is 36.6 Å². The number of hydrogen-bond acceptors (Lipinski definition) is 6. The topological polar surface area (TPSA) is 59.3 Å². The number of ether oxygens (including phenoxy) is 1. The fourth-order valence-electron chi connectivity index (χ4n) is 3.70. The Morgan fingerprint density at radius 1 is 1.17 bits per heavy atom. The fourth-order valence-corrected chi connectivity index (χ4v) is 3.70. The van der Waals surface area contributed by atoms with Gasteiger partial charge in [-0.15, -0.1) is 0 Å². The van der Waals surface area contributed by atoms with Crippen molar-refractivity contribution in [1.29, 1.82) is 0 Å². The summed E-state index contributed by atoms with van der Waals surface area (Å²) < 4.78 is 7.28. The highest BCUT2D eigenvalue weighted by Crippen LogP contribution is 2.25. The molecule has 24 heavy (non-hydrogen) atoms. The van der Waals surface area contributed by atoms with E-state index in [4.69, 9.17) is 4.74 Å². The van der Waals surface area contributed by atoms with Gasteiger partial charge in [-0.05, 0) is 24.8 Å². The molecule has 0 saturated carbocycles. The van der Waals surface area contributed by atoms with Crippen molar-refractivity contribution < 1.29 is 4.74 Å². The van der Waals surface area contributed by atoms with Crippen LogP contribution in [0.3, 0.4) is 0 Å². The third-order valence-corrected chi connectivity index (χ3v) is 5.05. The largest absolute Gasteiger partial charge is 0.481 e. The molecule has 128 valence electrons. The first kappa shape index (κ1) is 15.4. The minimum absolute atomic E-state index is 0.618. The lowest BCUT2D eigenvalue weighted by molar-refractivity contribution is 0.241. The molecule has 0 bridgehead atoms. The van der Waals surface area contributed by atoms with Crippen LogP contribution in [-0.2, 0) is 26.4 Å². The van der Waals surface area contributed by atoms with Crippen LogP contribution in [0.5, 0.6) is 5.88 Å². The summed E-state index contributed by atoms with van der Waals surface area (Å²) in [6.07, 6.45) is 5.35. The van der Waals surface area contributed by atoms with Crippen molar-refractivity contribution in [3.63, 3.8) is 0 Å². The van der Waals surface area contributed by atoms with Gasteiger partial charge in [-0.1, -0.05) is 0 Å². The lowest BCUT2D eigenvalue weighted by Crippen LogP contribution is -2.46. The maximum Gasteiger partial charge on any atom is 0.228 e. The van der Waals surface area contributed by atoms with Gasteiger partial charge in [0.25, 0.3) is 0 Å². The molecule has 0 radical (unpaired) electrons. The van der Waals surface area contributed by atoms with Crippen LogP contribution in [0.1, 0.15) is 23.4 Å². The van der Waals surface area contributed by atoms with Crippen LogP contribution in [0.15, 0.2) is 12.3 Å². The van der Waals surface area contributed by atoms with E-state index in [0.717, 1.165) is 45.1 Å². The summed E-state index contributed by atoms with van der Waals surface area (Å²) in [7, 11) is 3.71. The number of fused-ring (bicyclic) bond motifs is 1. The Labute approximate surface area is 142 Å². The zero-order valence-corrected chi connectivity index (χ0v) is 14.4. The van der Waals surface area contributed by atoms with Crippen LogP contribution < -0.4 is 9.64 Å². The fraction of sp³-hybridized carbons (Fsp3) is 0.588. The van der Waals surface area contributed by atoms with Crippen LogP contribution in [0, 0.1) is 0 Å². The van der Waals surface area contributed by atoms with E-state index in [1.54, 1.807) is 19.4 Å². The third kappa shape index (κ3) is 2.84. The Kier molecular flexibility index (Phi) is 4.10. The number of piperazine rings is 1. The van der Waals surface area contributed by atoms with Crippen molar-refractivity contribution in [2.45, 2.75) is 25.8 Å². The summed E-state index contributed by atoms with van der Waals surface area (Å²) in [5.74, 6) is 1.38. The van der Waals surface area contributed by atoms with Gasteiger partial charge >= 0.3 is 0 Å². The van der Waals surface area contributed by atoms with Crippen molar-refractivity contribution in [1.82, 2.24) is 24.6 Å². The van der Waals surface area contributed by atoms with Gasteiger partial charge in [0.2, 0.25) is 11.8 Å². The van der Waals surface area contributed by atoms with Crippen LogP contribution in [0.4, 0.5) is 5.95 Å². The first-order valence-corrected chi connectivity index (χ1v) is 8.62. The molecule has 0 amide bonds. The molecule has 0 atom stereocenters. The van der Waals surface area contributed by atoms with Gasteiger partial charge in [0.05, 0.1) is 18.5 Å². The summed E-state index contributed by atoms with van der Waals surface area (Å²) in [4.78, 5) is 13.5. The van der Waals surface area contributed by atoms with Gasteiger partial charge in [0, 0.05) is 52.0 Å². The number of rotatable bonds is 4. The number of aryl methyl sites for hydroxylation is 2. The van der Waals surface area contributed by atoms with Crippen molar-refractivity contribution in [2.24, 2.45) is 7.05 Å². The molecule has 0 spiro atoms. The molecule has 1 saturated heterocycles. The van der Waals surface area contributed by atoms with Crippen molar-refractivity contribution >= 4 is 5.95 Å². The van der Waals surface area contributed by atoms with Gasteiger partial charge in [0.15, 0.2) is 0 Å². The first-order valence-electron chi connectivity index (χ1n) is 8.62. The average Bonchev–Trinajstić information content (AvgIpc) is 3.18. The van der Waals surface area contributed by atoms with E-state index in [1.165, 1.54) is 29.8 Å². The number of nitrogens with zero attached hydrogens (tertiary/aromatic N) is 6. The second-order valence-electron chi connectivity index (χ2n) is 6.51. The molecule has 2 aliphatic rings. The highest BCUT2D eigenvalue weighted by Gasteiger charge is 2.24. The molecule has 1 fully saturated rings. The molecule has 7 nitrogen and oxygen atoms in total. The summed E-state index contributed by atoms with van der Waals surface area (Å²) in [6.45, 7) is 4.90. The monoisotopic (exact) mass is 328 g/mol. The minimum atomic E-state index is 0.618. The Morgan fingerprint density at radius 3 is 2.79 bits per heavy atom. The zero-order valence-electron chi connectivity index (χ0n) is 14.4. The summed E-state index contributed by atoms with van der Waals surface area (Å²) in [6, 6.07) is 1.78. The molecular formula is C17H24N6O. The first-order chi connectivity index (χ1) is 11.7. The average molecular weight is 328 g/mol. The normalized spacial score (nSPS) is 18.0. The standard InChI is InChI=1S/C17H24N6O/c1-21-15(13-4-3-5-14(13)20-21)12-22-8-10-23(11-9-22)17-18-7-6-16(19-17)24-2/h6-7H,3-5,8-12H2,1-2H3. The van der Waals surface area contributed by atoms with E-state index >= 15 is 0 Å². The molecule has 3 heterocycles. The smallest absolute Gasteiger partial charge is 0.228 e. The Bertz CT molecular complexity index is 720. The highest BCUT2D eigenvalue weighted by atomic mass is 16.5. The Morgan fingerprint density at radius 2 is 2.00 bits per heavy atom. The predicted molar refractivity (Wildman–Crippen MR) is 91.3 cm³/mol. The summed E-state index contributed by atoms with van der Waals surface area (Å²) >= 11 is 0. The third-order valence-electron chi connectivity index (χ3n) is 5.05. The van der Waals surface area contributed by atoms with Gasteiger partial charge in [-0.25, -0.2) is 4.98 Å². The van der Waals surface area contributed by atoms with E-state index in [1.807, 2.05) is 0 Å². The molecule has 2 aromatic heterocycles. The second-order valence-corrected chi connectivity index (χ2v) is 6.51. The van der Waals surface area contributed by atoms with Gasteiger partial charge < -0.3 is 9.64 Å². The zero-order chi connectivity index (χ0) is 16.5. The maximum absolute atomic E-state index is 5.19. The van der Waals surface area contributed by atoms with Crippen molar-refractivity contribution in [3.05, 3.63) is 29.2 Å². The van der Waals surface area contributed by atoms with Gasteiger partial charge in [-0.2, -0.15) is 10.1 Å². The molecule has 1 aliphatic heterocycles. The number of hydrogen-bond donors (Lipinski definition) is 0. The quantitative estimate of drug-likeness (QED) is 0.835. The number of methoxy groups -OCH3 is 1. The lowest BCUT2D eigenvalue weighted by Gasteiger charge is -2.34. The highest BCUT2D eigenvalue weighted by molar-refractivity contribution is 5.33. The molecule has 0 aromatic carbocycles. The summed E-state index contributed by atoms with van der Waals surface area (Å²) in [5, 5.41) is 4.68. The van der Waals surface area contributed by atoms with Crippen LogP contribution >= 0.6 is 0 Å². The Hall–Kier alpha value is -2.15. The van der Waals surface area contributed by atoms with E-state index in [0.29, 0.717) is 5.88 Å². The minimum Gasteiger partial charge on any atom is -0.481 e. The van der Waals surface area contributed by atoms with Crippen molar-refractivity contribution in [3.8, 4) is 5.88 Å². The van der Waals surface area contributed by atoms with Gasteiger partial charge in [0.1, 0.15) is 0 Å². The molecule has 0 unspecified atom stereocenters. The van der Waals surface area contributed by atoms with Crippen molar-refractivity contribution in [2.75, 3.05) is 38.2 Å². The lowest BCUT2D eigenvalue weighted by atomic mass is 10.2. The molecule has 1 aliphatic carbocycles. The van der Waals surface area contributed by atoms with Crippen LogP contribution in [0.25, 0.3) is 0 Å². The van der Waals surface area contributed by atoms with Gasteiger partial charge in [-0.3, -0.25) is 9.58 Å². The predicted octanol–water partition coefficient (Wildman–Crippen LogP) is 1.03.